The Morgan fingerprint density at radius 2 is 1.94 bits per heavy atom. The molecule has 0 spiro atoms. The zero-order valence-electron chi connectivity index (χ0n) is 19.3. The van der Waals surface area contributed by atoms with Crippen molar-refractivity contribution in [1.82, 2.24) is 15.0 Å². The molecule has 11 nitrogen and oxygen atoms in total. The van der Waals surface area contributed by atoms with Gasteiger partial charge in [0.15, 0.2) is 15.7 Å². The van der Waals surface area contributed by atoms with Gasteiger partial charge in [-0.1, -0.05) is 0 Å². The number of piperidine rings is 1. The number of nitrogens with zero attached hydrogens (tertiary/aromatic N) is 3. The van der Waals surface area contributed by atoms with Crippen LogP contribution in [0.4, 0.5) is 20.7 Å². The summed E-state index contributed by atoms with van der Waals surface area (Å²) in [6.07, 6.45) is 2.08. The van der Waals surface area contributed by atoms with Crippen LogP contribution in [0.5, 0.6) is 11.6 Å². The largest absolute Gasteiger partial charge is 0.528 e. The maximum atomic E-state index is 14.5. The second kappa shape index (κ2) is 10.8. The standard InChI is InChI=1S/C21H27FN4O7S/c1-13(2)31-21(27)33-26-9-7-14(8-10-26)32-20-18(30-3)19(23-12-24-20)25-17-6-5-15(11-16(17)22)34(4,28)29/h5-6,11-14H,7-10H2,1-4H3,(H,23,24,25). The number of ether oxygens (including phenoxy) is 3. The smallest absolute Gasteiger partial charge is 0.489 e. The lowest BCUT2D eigenvalue weighted by Crippen LogP contribution is -2.40. The first kappa shape index (κ1) is 25.4. The summed E-state index contributed by atoms with van der Waals surface area (Å²) >= 11 is 0. The van der Waals surface area contributed by atoms with Crippen LogP contribution in [-0.4, -0.2) is 68.3 Å². The Labute approximate surface area is 197 Å². The normalized spacial score (nSPS) is 15.1. The number of halogens is 1. The fourth-order valence-corrected chi connectivity index (χ4v) is 3.82. The molecule has 1 aliphatic rings. The van der Waals surface area contributed by atoms with E-state index in [9.17, 15) is 17.6 Å². The van der Waals surface area contributed by atoms with Gasteiger partial charge in [-0.25, -0.2) is 22.6 Å². The van der Waals surface area contributed by atoms with Crippen molar-refractivity contribution in [3.8, 4) is 11.6 Å². The molecule has 1 N–H and O–H groups in total. The van der Waals surface area contributed by atoms with Crippen LogP contribution in [-0.2, 0) is 19.4 Å². The van der Waals surface area contributed by atoms with Crippen molar-refractivity contribution in [1.29, 1.82) is 0 Å². The van der Waals surface area contributed by atoms with E-state index in [-0.39, 0.29) is 40.2 Å². The van der Waals surface area contributed by atoms with Gasteiger partial charge >= 0.3 is 6.16 Å². The predicted octanol–water partition coefficient (Wildman–Crippen LogP) is 3.09. The van der Waals surface area contributed by atoms with Gasteiger partial charge in [-0.15, -0.1) is 5.06 Å². The van der Waals surface area contributed by atoms with E-state index in [1.165, 1.54) is 30.6 Å². The Kier molecular flexibility index (Phi) is 8.10. The molecule has 34 heavy (non-hydrogen) atoms. The molecule has 0 aliphatic carbocycles. The van der Waals surface area contributed by atoms with Gasteiger partial charge in [0.2, 0.25) is 5.75 Å². The van der Waals surface area contributed by atoms with Gasteiger partial charge in [0.05, 0.1) is 23.8 Å². The van der Waals surface area contributed by atoms with Gasteiger partial charge in [0, 0.05) is 32.2 Å². The predicted molar refractivity (Wildman–Crippen MR) is 119 cm³/mol. The molecule has 1 aromatic heterocycles. The maximum Gasteiger partial charge on any atom is 0.528 e. The summed E-state index contributed by atoms with van der Waals surface area (Å²) < 4.78 is 54.1. The zero-order chi connectivity index (χ0) is 24.9. The van der Waals surface area contributed by atoms with E-state index in [1.807, 2.05) is 0 Å². The zero-order valence-corrected chi connectivity index (χ0v) is 20.1. The number of hydrogen-bond acceptors (Lipinski definition) is 11. The lowest BCUT2D eigenvalue weighted by Gasteiger charge is -2.30. The number of carbonyl (C=O) groups is 1. The Morgan fingerprint density at radius 1 is 1.24 bits per heavy atom. The van der Waals surface area contributed by atoms with Crippen LogP contribution in [0.25, 0.3) is 0 Å². The molecule has 186 valence electrons. The molecule has 3 rings (SSSR count). The van der Waals surface area contributed by atoms with Gasteiger partial charge in [0.1, 0.15) is 18.2 Å². The number of aromatic nitrogens is 2. The van der Waals surface area contributed by atoms with Crippen molar-refractivity contribution >= 4 is 27.5 Å². The summed E-state index contributed by atoms with van der Waals surface area (Å²) in [5, 5.41) is 4.30. The molecule has 1 aliphatic heterocycles. The fourth-order valence-electron chi connectivity index (χ4n) is 3.19. The molecule has 0 bridgehead atoms. The monoisotopic (exact) mass is 498 g/mol. The van der Waals surface area contributed by atoms with E-state index in [4.69, 9.17) is 19.0 Å². The Morgan fingerprint density at radius 3 is 2.53 bits per heavy atom. The summed E-state index contributed by atoms with van der Waals surface area (Å²) in [6, 6.07) is 3.52. The SMILES string of the molecule is COc1c(Nc2ccc(S(C)(=O)=O)cc2F)ncnc1OC1CCN(OC(=O)OC(C)C)CC1. The number of anilines is 2. The number of methoxy groups -OCH3 is 1. The molecule has 1 fully saturated rings. The van der Waals surface area contributed by atoms with Gasteiger partial charge in [-0.2, -0.15) is 4.98 Å². The van der Waals surface area contributed by atoms with Gasteiger partial charge in [-0.05, 0) is 32.0 Å². The van der Waals surface area contributed by atoms with E-state index >= 15 is 0 Å². The second-order valence-electron chi connectivity index (χ2n) is 7.85. The summed E-state index contributed by atoms with van der Waals surface area (Å²) in [5.74, 6) is -0.301. The average molecular weight is 499 g/mol. The van der Waals surface area contributed by atoms with Crippen LogP contribution < -0.4 is 14.8 Å². The third-order valence-electron chi connectivity index (χ3n) is 4.81. The molecule has 0 radical (unpaired) electrons. The van der Waals surface area contributed by atoms with Crippen molar-refractivity contribution in [2.75, 3.05) is 31.8 Å². The van der Waals surface area contributed by atoms with E-state index in [0.29, 0.717) is 25.9 Å². The third-order valence-corrected chi connectivity index (χ3v) is 5.92. The van der Waals surface area contributed by atoms with Crippen molar-refractivity contribution in [3.63, 3.8) is 0 Å². The molecule has 1 aromatic carbocycles. The minimum atomic E-state index is -3.54. The molecule has 2 aromatic rings. The summed E-state index contributed by atoms with van der Waals surface area (Å²) in [5.41, 5.74) is 0.00842. The first-order valence-electron chi connectivity index (χ1n) is 10.5. The van der Waals surface area contributed by atoms with E-state index < -0.39 is 21.8 Å². The van der Waals surface area contributed by atoms with Crippen molar-refractivity contribution in [2.45, 2.75) is 43.8 Å². The number of rotatable bonds is 8. The van der Waals surface area contributed by atoms with E-state index in [2.05, 4.69) is 15.3 Å². The minimum Gasteiger partial charge on any atom is -0.489 e. The van der Waals surface area contributed by atoms with Crippen LogP contribution in [0, 0.1) is 5.82 Å². The number of hydrogen-bond donors (Lipinski definition) is 1. The molecule has 2 heterocycles. The van der Waals surface area contributed by atoms with Crippen LogP contribution in [0.2, 0.25) is 0 Å². The number of benzene rings is 1. The Hall–Kier alpha value is -3.19. The molecule has 0 amide bonds. The fraction of sp³-hybridized carbons (Fsp3) is 0.476. The highest BCUT2D eigenvalue weighted by Gasteiger charge is 2.26. The summed E-state index contributed by atoms with van der Waals surface area (Å²) in [7, 11) is -2.14. The summed E-state index contributed by atoms with van der Waals surface area (Å²) in [6.45, 7) is 4.35. The van der Waals surface area contributed by atoms with Crippen LogP contribution in [0.3, 0.4) is 0 Å². The molecular weight excluding hydrogens is 471 g/mol. The molecule has 0 unspecified atom stereocenters. The highest BCUT2D eigenvalue weighted by molar-refractivity contribution is 7.90. The Bertz CT molecular complexity index is 1120. The molecule has 1 saturated heterocycles. The van der Waals surface area contributed by atoms with Gasteiger partial charge in [0.25, 0.3) is 5.88 Å². The molecule has 0 saturated carbocycles. The Balaban J connectivity index is 1.66. The minimum absolute atomic E-state index is 0.00842. The third kappa shape index (κ3) is 6.67. The molecular formula is C21H27FN4O7S. The topological polar surface area (TPSA) is 129 Å². The van der Waals surface area contributed by atoms with Crippen LogP contribution in [0.1, 0.15) is 26.7 Å². The highest BCUT2D eigenvalue weighted by atomic mass is 32.2. The first-order valence-corrected chi connectivity index (χ1v) is 12.4. The highest BCUT2D eigenvalue weighted by Crippen LogP contribution is 2.35. The van der Waals surface area contributed by atoms with Crippen molar-refractivity contribution in [2.24, 2.45) is 0 Å². The number of nitrogens with one attached hydrogen (secondary N) is 1. The second-order valence-corrected chi connectivity index (χ2v) is 9.87. The molecule has 0 atom stereocenters. The summed E-state index contributed by atoms with van der Waals surface area (Å²) in [4.78, 5) is 24.9. The average Bonchev–Trinajstić information content (AvgIpc) is 2.75. The van der Waals surface area contributed by atoms with E-state index in [0.717, 1.165) is 12.3 Å². The first-order chi connectivity index (χ1) is 16.1. The lowest BCUT2D eigenvalue weighted by atomic mass is 10.1. The quantitative estimate of drug-likeness (QED) is 0.539. The number of carbonyl (C=O) groups excluding carboxylic acids is 1. The number of hydroxylamine groups is 2. The maximum absolute atomic E-state index is 14.5. The van der Waals surface area contributed by atoms with Crippen LogP contribution >= 0.6 is 0 Å². The van der Waals surface area contributed by atoms with Crippen molar-refractivity contribution in [3.05, 3.63) is 30.3 Å². The molecule has 13 heteroatoms. The van der Waals surface area contributed by atoms with Gasteiger partial charge in [-0.3, -0.25) is 0 Å². The van der Waals surface area contributed by atoms with E-state index in [1.54, 1.807) is 13.8 Å². The number of sulfone groups is 1. The van der Waals surface area contributed by atoms with Crippen LogP contribution in [0.15, 0.2) is 29.4 Å². The lowest BCUT2D eigenvalue weighted by molar-refractivity contribution is -0.151. The van der Waals surface area contributed by atoms with Crippen molar-refractivity contribution < 1.29 is 36.7 Å². The van der Waals surface area contributed by atoms with Gasteiger partial charge < -0.3 is 24.4 Å².